The first-order valence-electron chi connectivity index (χ1n) is 10.5. The lowest BCUT2D eigenvalue weighted by Gasteiger charge is -2.39. The second-order valence-electron chi connectivity index (χ2n) is 7.56. The standard InChI is InChI=1S/C22H32N6O/c1-4-18-7-6-8-19(13-18)26-21(29)14-25-22(24-5-2)27-11-9-17(3)20(15-27)28-12-10-23-16-28/h6-8,10,12-13,16-17,20H,4-5,9,11,14-15H2,1-3H3,(H,24,25)(H,26,29). The number of carbonyl (C=O) groups is 1. The molecule has 0 saturated carbocycles. The molecule has 1 aromatic heterocycles. The largest absolute Gasteiger partial charge is 0.357 e. The molecular formula is C22H32N6O. The number of aryl methyl sites for hydroxylation is 1. The van der Waals surface area contributed by atoms with Gasteiger partial charge in [-0.1, -0.05) is 26.0 Å². The van der Waals surface area contributed by atoms with E-state index >= 15 is 0 Å². The molecule has 2 atom stereocenters. The predicted octanol–water partition coefficient (Wildman–Crippen LogP) is 2.93. The number of carbonyl (C=O) groups excluding carboxylic acids is 1. The van der Waals surface area contributed by atoms with E-state index in [1.165, 1.54) is 5.56 Å². The molecule has 1 aromatic carbocycles. The number of aliphatic imine (C=N–C) groups is 1. The summed E-state index contributed by atoms with van der Waals surface area (Å²) < 4.78 is 2.17. The number of rotatable bonds is 6. The van der Waals surface area contributed by atoms with Crippen LogP contribution in [0.1, 0.15) is 38.8 Å². The third-order valence-electron chi connectivity index (χ3n) is 5.45. The van der Waals surface area contributed by atoms with Crippen molar-refractivity contribution in [2.45, 2.75) is 39.7 Å². The first-order chi connectivity index (χ1) is 14.1. The molecule has 0 radical (unpaired) electrons. The van der Waals surface area contributed by atoms with Crippen LogP contribution in [-0.4, -0.2) is 52.5 Å². The molecule has 2 heterocycles. The van der Waals surface area contributed by atoms with Gasteiger partial charge in [-0.3, -0.25) is 4.79 Å². The van der Waals surface area contributed by atoms with Gasteiger partial charge in [0, 0.05) is 37.7 Å². The van der Waals surface area contributed by atoms with E-state index < -0.39 is 0 Å². The SMILES string of the molecule is CCNC(=NCC(=O)Nc1cccc(CC)c1)N1CCC(C)C(n2ccnc2)C1. The molecule has 1 saturated heterocycles. The maximum atomic E-state index is 12.4. The number of hydrogen-bond acceptors (Lipinski definition) is 3. The lowest BCUT2D eigenvalue weighted by Crippen LogP contribution is -2.49. The van der Waals surface area contributed by atoms with Crippen molar-refractivity contribution < 1.29 is 4.79 Å². The molecule has 7 heteroatoms. The Bertz CT molecular complexity index is 816. The van der Waals surface area contributed by atoms with E-state index in [1.54, 1.807) is 0 Å². The summed E-state index contributed by atoms with van der Waals surface area (Å²) in [5.41, 5.74) is 2.02. The van der Waals surface area contributed by atoms with E-state index in [4.69, 9.17) is 0 Å². The van der Waals surface area contributed by atoms with Crippen molar-refractivity contribution in [1.82, 2.24) is 19.8 Å². The van der Waals surface area contributed by atoms with Crippen molar-refractivity contribution in [3.8, 4) is 0 Å². The maximum Gasteiger partial charge on any atom is 0.246 e. The summed E-state index contributed by atoms with van der Waals surface area (Å²) in [6.45, 7) is 9.07. The van der Waals surface area contributed by atoms with E-state index in [2.05, 4.69) is 50.0 Å². The number of hydrogen-bond donors (Lipinski definition) is 2. The molecule has 0 spiro atoms. The highest BCUT2D eigenvalue weighted by Crippen LogP contribution is 2.27. The fraction of sp³-hybridized carbons (Fsp3) is 0.500. The minimum absolute atomic E-state index is 0.0977. The molecule has 29 heavy (non-hydrogen) atoms. The Hall–Kier alpha value is -2.83. The predicted molar refractivity (Wildman–Crippen MR) is 117 cm³/mol. The van der Waals surface area contributed by atoms with Gasteiger partial charge in [0.2, 0.25) is 5.91 Å². The fourth-order valence-corrected chi connectivity index (χ4v) is 3.74. The topological polar surface area (TPSA) is 74.6 Å². The van der Waals surface area contributed by atoms with Gasteiger partial charge in [0.05, 0.1) is 12.4 Å². The number of imidazole rings is 1. The van der Waals surface area contributed by atoms with Crippen LogP contribution in [0.3, 0.4) is 0 Å². The highest BCUT2D eigenvalue weighted by Gasteiger charge is 2.28. The molecule has 0 bridgehead atoms. The fourth-order valence-electron chi connectivity index (χ4n) is 3.74. The summed E-state index contributed by atoms with van der Waals surface area (Å²) in [5, 5.41) is 6.29. The number of piperidine rings is 1. The zero-order valence-corrected chi connectivity index (χ0v) is 17.6. The van der Waals surface area contributed by atoms with Crippen LogP contribution in [0.4, 0.5) is 5.69 Å². The smallest absolute Gasteiger partial charge is 0.246 e. The average Bonchev–Trinajstić information content (AvgIpc) is 3.26. The minimum atomic E-state index is -0.106. The zero-order valence-electron chi connectivity index (χ0n) is 17.6. The van der Waals surface area contributed by atoms with Gasteiger partial charge >= 0.3 is 0 Å². The first kappa shape index (κ1) is 20.9. The lowest BCUT2D eigenvalue weighted by atomic mass is 9.93. The van der Waals surface area contributed by atoms with E-state index in [0.717, 1.165) is 44.1 Å². The number of amides is 1. The maximum absolute atomic E-state index is 12.4. The molecular weight excluding hydrogens is 364 g/mol. The quantitative estimate of drug-likeness (QED) is 0.582. The Morgan fingerprint density at radius 2 is 2.21 bits per heavy atom. The molecule has 2 unspecified atom stereocenters. The van der Waals surface area contributed by atoms with Crippen LogP contribution in [0.15, 0.2) is 48.0 Å². The van der Waals surface area contributed by atoms with Crippen LogP contribution in [0.25, 0.3) is 0 Å². The molecule has 1 fully saturated rings. The average molecular weight is 397 g/mol. The molecule has 3 rings (SSSR count). The third kappa shape index (κ3) is 5.59. The van der Waals surface area contributed by atoms with Crippen LogP contribution in [0.2, 0.25) is 0 Å². The van der Waals surface area contributed by atoms with Crippen molar-refractivity contribution in [2.24, 2.45) is 10.9 Å². The van der Waals surface area contributed by atoms with E-state index in [1.807, 2.05) is 43.8 Å². The third-order valence-corrected chi connectivity index (χ3v) is 5.45. The van der Waals surface area contributed by atoms with Crippen LogP contribution in [0, 0.1) is 5.92 Å². The summed E-state index contributed by atoms with van der Waals surface area (Å²) >= 11 is 0. The molecule has 7 nitrogen and oxygen atoms in total. The van der Waals surface area contributed by atoms with E-state index in [0.29, 0.717) is 12.0 Å². The van der Waals surface area contributed by atoms with Gasteiger partial charge in [-0.25, -0.2) is 9.98 Å². The molecule has 1 aliphatic rings. The molecule has 156 valence electrons. The van der Waals surface area contributed by atoms with E-state index in [-0.39, 0.29) is 12.5 Å². The molecule has 1 aliphatic heterocycles. The van der Waals surface area contributed by atoms with Crippen LogP contribution < -0.4 is 10.6 Å². The monoisotopic (exact) mass is 396 g/mol. The Morgan fingerprint density at radius 1 is 1.34 bits per heavy atom. The number of likely N-dealkylation sites (tertiary alicyclic amines) is 1. The summed E-state index contributed by atoms with van der Waals surface area (Å²) in [7, 11) is 0. The zero-order chi connectivity index (χ0) is 20.6. The van der Waals surface area contributed by atoms with Crippen LogP contribution >= 0.6 is 0 Å². The van der Waals surface area contributed by atoms with Gasteiger partial charge in [-0.2, -0.15) is 0 Å². The Morgan fingerprint density at radius 3 is 2.93 bits per heavy atom. The van der Waals surface area contributed by atoms with Crippen LogP contribution in [0.5, 0.6) is 0 Å². The number of aromatic nitrogens is 2. The summed E-state index contributed by atoms with van der Waals surface area (Å²) in [6, 6.07) is 8.29. The lowest BCUT2D eigenvalue weighted by molar-refractivity contribution is -0.114. The summed E-state index contributed by atoms with van der Waals surface area (Å²) in [6.07, 6.45) is 7.74. The van der Waals surface area contributed by atoms with Crippen molar-refractivity contribution >= 4 is 17.6 Å². The highest BCUT2D eigenvalue weighted by atomic mass is 16.1. The van der Waals surface area contributed by atoms with Crippen molar-refractivity contribution in [1.29, 1.82) is 0 Å². The Labute approximate surface area is 173 Å². The highest BCUT2D eigenvalue weighted by molar-refractivity contribution is 5.94. The Balaban J connectivity index is 1.65. The molecule has 1 amide bonds. The van der Waals surface area contributed by atoms with Gasteiger partial charge in [-0.05, 0) is 43.4 Å². The summed E-state index contributed by atoms with van der Waals surface area (Å²) in [5.74, 6) is 1.25. The number of anilines is 1. The number of guanidine groups is 1. The van der Waals surface area contributed by atoms with Gasteiger partial charge < -0.3 is 20.1 Å². The molecule has 2 N–H and O–H groups in total. The van der Waals surface area contributed by atoms with Gasteiger partial charge in [0.15, 0.2) is 5.96 Å². The normalized spacial score (nSPS) is 19.8. The molecule has 0 aliphatic carbocycles. The van der Waals surface area contributed by atoms with Crippen molar-refractivity contribution in [3.05, 3.63) is 48.5 Å². The second kappa shape index (κ2) is 10.1. The van der Waals surface area contributed by atoms with Gasteiger partial charge in [-0.15, -0.1) is 0 Å². The number of benzene rings is 1. The number of nitrogens with one attached hydrogen (secondary N) is 2. The van der Waals surface area contributed by atoms with Crippen molar-refractivity contribution in [3.63, 3.8) is 0 Å². The second-order valence-corrected chi connectivity index (χ2v) is 7.56. The van der Waals surface area contributed by atoms with Gasteiger partial charge in [0.25, 0.3) is 0 Å². The first-order valence-corrected chi connectivity index (χ1v) is 10.5. The summed E-state index contributed by atoms with van der Waals surface area (Å²) in [4.78, 5) is 23.5. The van der Waals surface area contributed by atoms with Gasteiger partial charge in [0.1, 0.15) is 6.54 Å². The molecule has 2 aromatic rings. The van der Waals surface area contributed by atoms with Crippen molar-refractivity contribution in [2.75, 3.05) is 31.5 Å². The number of nitrogens with zero attached hydrogens (tertiary/aromatic N) is 4. The Kier molecular flexibility index (Phi) is 7.27. The minimum Gasteiger partial charge on any atom is -0.357 e. The van der Waals surface area contributed by atoms with Crippen LogP contribution in [-0.2, 0) is 11.2 Å². The van der Waals surface area contributed by atoms with E-state index in [9.17, 15) is 4.79 Å².